The lowest BCUT2D eigenvalue weighted by Gasteiger charge is -2.16. The molecule has 1 aliphatic heterocycles. The summed E-state index contributed by atoms with van der Waals surface area (Å²) in [5.41, 5.74) is 0.952. The molecule has 0 aliphatic carbocycles. The lowest BCUT2D eigenvalue weighted by Crippen LogP contribution is -2.12. The first-order chi connectivity index (χ1) is 5.77. The van der Waals surface area contributed by atoms with Crippen LogP contribution in [0.4, 0.5) is 0 Å². The van der Waals surface area contributed by atoms with E-state index < -0.39 is 0 Å². The molecule has 3 nitrogen and oxygen atoms in total. The van der Waals surface area contributed by atoms with Gasteiger partial charge in [-0.3, -0.25) is 0 Å². The minimum Gasteiger partial charge on any atom is -0.477 e. The predicted octanol–water partition coefficient (Wildman–Crippen LogP) is 1.76. The zero-order valence-corrected chi connectivity index (χ0v) is 7.56. The van der Waals surface area contributed by atoms with Crippen molar-refractivity contribution < 1.29 is 4.74 Å². The standard InChI is InChI=1S/C8H9ClN2O/c1-5-10-7(9)6-3-2-4-12-8(6)11-5/h2-4H2,1H3. The summed E-state index contributed by atoms with van der Waals surface area (Å²) in [7, 11) is 0. The van der Waals surface area contributed by atoms with Crippen molar-refractivity contribution in [1.29, 1.82) is 0 Å². The first-order valence-electron chi connectivity index (χ1n) is 3.93. The molecule has 64 valence electrons. The van der Waals surface area contributed by atoms with Gasteiger partial charge in [-0.25, -0.2) is 4.98 Å². The van der Waals surface area contributed by atoms with Gasteiger partial charge in [0.05, 0.1) is 12.2 Å². The fourth-order valence-corrected chi connectivity index (χ4v) is 1.58. The highest BCUT2D eigenvalue weighted by Gasteiger charge is 2.16. The number of ether oxygens (including phenoxy) is 1. The second-order valence-corrected chi connectivity index (χ2v) is 3.16. The van der Waals surface area contributed by atoms with Crippen LogP contribution in [0, 0.1) is 6.92 Å². The molecule has 0 aromatic carbocycles. The minimum atomic E-state index is 0.539. The van der Waals surface area contributed by atoms with Gasteiger partial charge >= 0.3 is 0 Å². The largest absolute Gasteiger partial charge is 0.477 e. The van der Waals surface area contributed by atoms with E-state index in [1.54, 1.807) is 0 Å². The Kier molecular flexibility index (Phi) is 1.89. The molecule has 0 unspecified atom stereocenters. The first kappa shape index (κ1) is 7.80. The maximum Gasteiger partial charge on any atom is 0.221 e. The van der Waals surface area contributed by atoms with Crippen LogP contribution >= 0.6 is 11.6 Å². The van der Waals surface area contributed by atoms with Crippen LogP contribution in [-0.4, -0.2) is 16.6 Å². The molecule has 0 amide bonds. The molecule has 4 heteroatoms. The van der Waals surface area contributed by atoms with Crippen molar-refractivity contribution in [1.82, 2.24) is 9.97 Å². The van der Waals surface area contributed by atoms with E-state index in [2.05, 4.69) is 9.97 Å². The molecule has 12 heavy (non-hydrogen) atoms. The van der Waals surface area contributed by atoms with E-state index in [0.29, 0.717) is 16.9 Å². The number of rotatable bonds is 0. The quantitative estimate of drug-likeness (QED) is 0.577. The molecule has 0 radical (unpaired) electrons. The predicted molar refractivity (Wildman–Crippen MR) is 45.6 cm³/mol. The molecule has 0 atom stereocenters. The summed E-state index contributed by atoms with van der Waals surface area (Å²) in [6.45, 7) is 2.55. The molecule has 0 fully saturated rings. The van der Waals surface area contributed by atoms with Gasteiger partial charge in [-0.15, -0.1) is 0 Å². The molecule has 0 N–H and O–H groups in total. The molecule has 0 saturated heterocycles. The van der Waals surface area contributed by atoms with Crippen LogP contribution < -0.4 is 4.74 Å². The average Bonchev–Trinajstić information content (AvgIpc) is 2.04. The number of hydrogen-bond acceptors (Lipinski definition) is 3. The SMILES string of the molecule is Cc1nc(Cl)c2c(n1)OCCC2. The van der Waals surface area contributed by atoms with Gasteiger partial charge in [0.2, 0.25) is 5.88 Å². The normalized spacial score (nSPS) is 15.2. The number of fused-ring (bicyclic) bond motifs is 1. The smallest absolute Gasteiger partial charge is 0.221 e. The Hall–Kier alpha value is -0.830. The molecule has 0 saturated carbocycles. The summed E-state index contributed by atoms with van der Waals surface area (Å²) >= 11 is 5.92. The Labute approximate surface area is 75.7 Å². The van der Waals surface area contributed by atoms with Gasteiger partial charge in [0.15, 0.2) is 0 Å². The van der Waals surface area contributed by atoms with E-state index in [-0.39, 0.29) is 0 Å². The van der Waals surface area contributed by atoms with Crippen LogP contribution in [0.3, 0.4) is 0 Å². The highest BCUT2D eigenvalue weighted by Crippen LogP contribution is 2.27. The number of nitrogens with zero attached hydrogens (tertiary/aromatic N) is 2. The summed E-state index contributed by atoms with van der Waals surface area (Å²) in [5.74, 6) is 1.33. The van der Waals surface area contributed by atoms with Gasteiger partial charge in [0.25, 0.3) is 0 Å². The molecule has 2 heterocycles. The highest BCUT2D eigenvalue weighted by molar-refractivity contribution is 6.30. The molecule has 2 rings (SSSR count). The van der Waals surface area contributed by atoms with Crippen molar-refractivity contribution in [2.24, 2.45) is 0 Å². The monoisotopic (exact) mass is 184 g/mol. The first-order valence-corrected chi connectivity index (χ1v) is 4.31. The van der Waals surface area contributed by atoms with E-state index in [1.807, 2.05) is 6.92 Å². The maximum absolute atomic E-state index is 5.92. The summed E-state index contributed by atoms with van der Waals surface area (Å²) in [5, 5.41) is 0.539. The van der Waals surface area contributed by atoms with Gasteiger partial charge in [-0.1, -0.05) is 11.6 Å². The topological polar surface area (TPSA) is 35.0 Å². The van der Waals surface area contributed by atoms with Crippen molar-refractivity contribution in [3.05, 3.63) is 16.5 Å². The molecule has 1 aromatic rings. The van der Waals surface area contributed by atoms with Crippen LogP contribution in [0.2, 0.25) is 5.15 Å². The summed E-state index contributed by atoms with van der Waals surface area (Å²) in [6, 6.07) is 0. The highest BCUT2D eigenvalue weighted by atomic mass is 35.5. The van der Waals surface area contributed by atoms with Crippen LogP contribution in [0.15, 0.2) is 0 Å². The van der Waals surface area contributed by atoms with Crippen molar-refractivity contribution in [3.8, 4) is 5.88 Å². The van der Waals surface area contributed by atoms with Crippen molar-refractivity contribution in [2.45, 2.75) is 19.8 Å². The van der Waals surface area contributed by atoms with Crippen LogP contribution in [0.1, 0.15) is 17.8 Å². The van der Waals surface area contributed by atoms with E-state index in [1.165, 1.54) is 0 Å². The van der Waals surface area contributed by atoms with Crippen LogP contribution in [0.25, 0.3) is 0 Å². The van der Waals surface area contributed by atoms with E-state index in [0.717, 1.165) is 25.0 Å². The number of hydrogen-bond donors (Lipinski definition) is 0. The number of halogens is 1. The maximum atomic E-state index is 5.92. The Morgan fingerprint density at radius 3 is 3.08 bits per heavy atom. The van der Waals surface area contributed by atoms with Gasteiger partial charge in [0.1, 0.15) is 11.0 Å². The van der Waals surface area contributed by atoms with Gasteiger partial charge in [-0.05, 0) is 19.8 Å². The fourth-order valence-electron chi connectivity index (χ4n) is 1.28. The zero-order valence-electron chi connectivity index (χ0n) is 6.80. The van der Waals surface area contributed by atoms with Crippen LogP contribution in [0.5, 0.6) is 5.88 Å². The minimum absolute atomic E-state index is 0.539. The second-order valence-electron chi connectivity index (χ2n) is 2.80. The Morgan fingerprint density at radius 1 is 1.42 bits per heavy atom. The Bertz CT molecular complexity index is 314. The van der Waals surface area contributed by atoms with Gasteiger partial charge < -0.3 is 4.74 Å². The zero-order chi connectivity index (χ0) is 8.55. The van der Waals surface area contributed by atoms with Crippen molar-refractivity contribution in [3.63, 3.8) is 0 Å². The van der Waals surface area contributed by atoms with E-state index >= 15 is 0 Å². The molecule has 0 spiro atoms. The molecule has 1 aliphatic rings. The third-order valence-corrected chi connectivity index (χ3v) is 2.15. The molecule has 1 aromatic heterocycles. The van der Waals surface area contributed by atoms with Gasteiger partial charge in [-0.2, -0.15) is 4.98 Å². The second kappa shape index (κ2) is 2.90. The number of aryl methyl sites for hydroxylation is 1. The average molecular weight is 185 g/mol. The lowest BCUT2D eigenvalue weighted by atomic mass is 10.1. The van der Waals surface area contributed by atoms with Crippen molar-refractivity contribution in [2.75, 3.05) is 6.61 Å². The third-order valence-electron chi connectivity index (χ3n) is 1.84. The summed E-state index contributed by atoms with van der Waals surface area (Å²) in [6.07, 6.45) is 1.92. The van der Waals surface area contributed by atoms with Crippen molar-refractivity contribution >= 4 is 11.6 Å². The number of aromatic nitrogens is 2. The Balaban J connectivity index is 2.53. The summed E-state index contributed by atoms with van der Waals surface area (Å²) < 4.78 is 5.35. The van der Waals surface area contributed by atoms with E-state index in [9.17, 15) is 0 Å². The summed E-state index contributed by atoms with van der Waals surface area (Å²) in [4.78, 5) is 8.22. The molecular formula is C8H9ClN2O. The third kappa shape index (κ3) is 1.25. The Morgan fingerprint density at radius 2 is 2.25 bits per heavy atom. The lowest BCUT2D eigenvalue weighted by molar-refractivity contribution is 0.274. The molecule has 0 bridgehead atoms. The fraction of sp³-hybridized carbons (Fsp3) is 0.500. The molecular weight excluding hydrogens is 176 g/mol. The van der Waals surface area contributed by atoms with Crippen LogP contribution in [-0.2, 0) is 6.42 Å². The van der Waals surface area contributed by atoms with Gasteiger partial charge in [0, 0.05) is 0 Å². The van der Waals surface area contributed by atoms with E-state index in [4.69, 9.17) is 16.3 Å².